The van der Waals surface area contributed by atoms with Crippen LogP contribution in [0.25, 0.3) is 0 Å². The lowest BCUT2D eigenvalue weighted by Gasteiger charge is -2.31. The van der Waals surface area contributed by atoms with Crippen LogP contribution in [0.1, 0.15) is 17.5 Å². The molecule has 2 heterocycles. The standard InChI is InChI=1S/C16H17BrClF3N4/c17-12-7-22-10-25(8-12)24-4-3-14(9-24)23-6-11-1-2-13(18)5-15(11)16(19,20)21/h1-2,5,7-8,14,23H,3-4,6,9-10H2/t14-/m0/s1. The van der Waals surface area contributed by atoms with Crippen LogP contribution < -0.4 is 5.32 Å². The molecule has 2 aliphatic heterocycles. The third-order valence-electron chi connectivity index (χ3n) is 4.20. The second kappa shape index (κ2) is 7.65. The highest BCUT2D eigenvalue weighted by atomic mass is 79.9. The third-order valence-corrected chi connectivity index (χ3v) is 4.85. The normalized spacial score (nSPS) is 21.7. The van der Waals surface area contributed by atoms with Gasteiger partial charge in [-0.15, -0.1) is 0 Å². The molecule has 1 fully saturated rings. The molecular weight excluding hydrogens is 421 g/mol. The van der Waals surface area contributed by atoms with E-state index in [4.69, 9.17) is 11.6 Å². The third kappa shape index (κ3) is 4.75. The zero-order valence-electron chi connectivity index (χ0n) is 13.2. The van der Waals surface area contributed by atoms with Gasteiger partial charge in [0, 0.05) is 43.1 Å². The largest absolute Gasteiger partial charge is 0.416 e. The number of hydrogen-bond donors (Lipinski definition) is 1. The molecule has 1 aromatic rings. The fourth-order valence-corrected chi connectivity index (χ4v) is 3.52. The topological polar surface area (TPSA) is 30.9 Å². The van der Waals surface area contributed by atoms with Crippen molar-refractivity contribution in [2.75, 3.05) is 19.8 Å². The quantitative estimate of drug-likeness (QED) is 0.772. The molecule has 1 N–H and O–H groups in total. The molecule has 1 saturated heterocycles. The highest BCUT2D eigenvalue weighted by Gasteiger charge is 2.34. The minimum absolute atomic E-state index is 0.0890. The first-order valence-corrected chi connectivity index (χ1v) is 8.97. The number of hydrazine groups is 1. The SMILES string of the molecule is FC(F)(F)c1cc(Cl)ccc1CN[C@H]1CCN(N2C=C(Br)C=NC2)C1. The van der Waals surface area contributed by atoms with E-state index < -0.39 is 11.7 Å². The van der Waals surface area contributed by atoms with Crippen molar-refractivity contribution in [3.8, 4) is 0 Å². The van der Waals surface area contributed by atoms with E-state index in [1.807, 2.05) is 11.2 Å². The fraction of sp³-hybridized carbons (Fsp3) is 0.438. The number of rotatable bonds is 4. The molecule has 9 heteroatoms. The number of allylic oxidation sites excluding steroid dienone is 1. The first-order valence-electron chi connectivity index (χ1n) is 7.80. The Morgan fingerprint density at radius 1 is 1.36 bits per heavy atom. The highest BCUT2D eigenvalue weighted by molar-refractivity contribution is 9.12. The van der Waals surface area contributed by atoms with Crippen molar-refractivity contribution in [1.29, 1.82) is 0 Å². The molecule has 0 spiro atoms. The smallest absolute Gasteiger partial charge is 0.309 e. The summed E-state index contributed by atoms with van der Waals surface area (Å²) in [6, 6.07) is 4.02. The van der Waals surface area contributed by atoms with E-state index in [-0.39, 0.29) is 23.2 Å². The van der Waals surface area contributed by atoms with Crippen LogP contribution >= 0.6 is 27.5 Å². The van der Waals surface area contributed by atoms with Crippen LogP contribution in [-0.2, 0) is 12.7 Å². The molecule has 0 radical (unpaired) electrons. The number of hydrogen-bond acceptors (Lipinski definition) is 4. The Bertz CT molecular complexity index is 692. The van der Waals surface area contributed by atoms with E-state index in [2.05, 4.69) is 31.2 Å². The predicted molar refractivity (Wildman–Crippen MR) is 95.5 cm³/mol. The Balaban J connectivity index is 1.59. The molecule has 2 aliphatic rings. The zero-order chi connectivity index (χ0) is 18.0. The van der Waals surface area contributed by atoms with Gasteiger partial charge in [0.05, 0.1) is 10.0 Å². The maximum Gasteiger partial charge on any atom is 0.416 e. The maximum atomic E-state index is 13.1. The summed E-state index contributed by atoms with van der Waals surface area (Å²) in [6.07, 6.45) is 0.158. The molecule has 25 heavy (non-hydrogen) atoms. The number of benzene rings is 1. The first kappa shape index (κ1) is 18.7. The predicted octanol–water partition coefficient (Wildman–Crippen LogP) is 4.02. The van der Waals surface area contributed by atoms with Crippen LogP contribution in [0.3, 0.4) is 0 Å². The summed E-state index contributed by atoms with van der Waals surface area (Å²) in [5, 5.41) is 7.47. The molecule has 0 aromatic heterocycles. The summed E-state index contributed by atoms with van der Waals surface area (Å²) in [5.41, 5.74) is -0.472. The van der Waals surface area contributed by atoms with Crippen molar-refractivity contribution in [3.63, 3.8) is 0 Å². The van der Waals surface area contributed by atoms with Crippen molar-refractivity contribution >= 4 is 33.7 Å². The Hall–Kier alpha value is -1.09. The molecule has 1 aromatic carbocycles. The zero-order valence-corrected chi connectivity index (χ0v) is 15.6. The molecule has 0 saturated carbocycles. The van der Waals surface area contributed by atoms with Crippen molar-refractivity contribution in [1.82, 2.24) is 15.3 Å². The average Bonchev–Trinajstić information content (AvgIpc) is 3.02. The van der Waals surface area contributed by atoms with E-state index in [0.29, 0.717) is 6.67 Å². The minimum atomic E-state index is -4.41. The van der Waals surface area contributed by atoms with Gasteiger partial charge in [-0.3, -0.25) is 10.0 Å². The van der Waals surface area contributed by atoms with E-state index in [9.17, 15) is 13.2 Å². The van der Waals surface area contributed by atoms with Crippen molar-refractivity contribution in [2.45, 2.75) is 25.2 Å². The van der Waals surface area contributed by atoms with E-state index in [1.165, 1.54) is 12.1 Å². The number of aliphatic imine (C=N–C) groups is 1. The lowest BCUT2D eigenvalue weighted by molar-refractivity contribution is -0.138. The Kier molecular flexibility index (Phi) is 5.72. The summed E-state index contributed by atoms with van der Waals surface area (Å²) in [7, 11) is 0. The molecule has 0 amide bonds. The van der Waals surface area contributed by atoms with Crippen molar-refractivity contribution in [2.24, 2.45) is 4.99 Å². The Labute approximate surface area is 157 Å². The molecule has 1 atom stereocenters. The van der Waals surface area contributed by atoms with Crippen LogP contribution in [0.5, 0.6) is 0 Å². The fourth-order valence-electron chi connectivity index (χ4n) is 2.96. The Morgan fingerprint density at radius 2 is 2.16 bits per heavy atom. The van der Waals surface area contributed by atoms with Gasteiger partial charge in [0.15, 0.2) is 0 Å². The van der Waals surface area contributed by atoms with Crippen LogP contribution in [0.2, 0.25) is 5.02 Å². The average molecular weight is 438 g/mol. The summed E-state index contributed by atoms with van der Waals surface area (Å²) >= 11 is 9.11. The second-order valence-corrected chi connectivity index (χ2v) is 7.34. The number of alkyl halides is 3. The van der Waals surface area contributed by atoms with Gasteiger partial charge in [0.1, 0.15) is 6.67 Å². The van der Waals surface area contributed by atoms with Crippen LogP contribution in [0.4, 0.5) is 13.2 Å². The molecule has 0 bridgehead atoms. The van der Waals surface area contributed by atoms with Crippen molar-refractivity contribution < 1.29 is 13.2 Å². The van der Waals surface area contributed by atoms with Gasteiger partial charge in [-0.2, -0.15) is 13.2 Å². The van der Waals surface area contributed by atoms with Gasteiger partial charge in [-0.05, 0) is 40.0 Å². The lowest BCUT2D eigenvalue weighted by atomic mass is 10.1. The molecule has 4 nitrogen and oxygen atoms in total. The number of nitrogens with zero attached hydrogens (tertiary/aromatic N) is 3. The van der Waals surface area contributed by atoms with Gasteiger partial charge >= 0.3 is 6.18 Å². The van der Waals surface area contributed by atoms with Crippen LogP contribution in [-0.4, -0.2) is 42.0 Å². The number of nitrogens with one attached hydrogen (secondary N) is 1. The molecule has 0 aliphatic carbocycles. The van der Waals surface area contributed by atoms with Gasteiger partial charge < -0.3 is 5.32 Å². The van der Waals surface area contributed by atoms with Crippen molar-refractivity contribution in [3.05, 3.63) is 45.0 Å². The summed E-state index contributed by atoms with van der Waals surface area (Å²) in [6.45, 7) is 2.26. The van der Waals surface area contributed by atoms with Gasteiger partial charge in [-0.25, -0.2) is 5.01 Å². The van der Waals surface area contributed by atoms with E-state index >= 15 is 0 Å². The van der Waals surface area contributed by atoms with E-state index in [1.54, 1.807) is 6.21 Å². The summed E-state index contributed by atoms with van der Waals surface area (Å²) in [4.78, 5) is 4.24. The van der Waals surface area contributed by atoms with E-state index in [0.717, 1.165) is 30.1 Å². The first-order chi connectivity index (χ1) is 11.8. The second-order valence-electron chi connectivity index (χ2n) is 5.98. The summed E-state index contributed by atoms with van der Waals surface area (Å²) in [5.74, 6) is 0. The lowest BCUT2D eigenvalue weighted by Crippen LogP contribution is -2.41. The minimum Gasteiger partial charge on any atom is -0.309 e. The molecule has 136 valence electrons. The molecule has 3 rings (SSSR count). The van der Waals surface area contributed by atoms with Gasteiger partial charge in [0.2, 0.25) is 0 Å². The van der Waals surface area contributed by atoms with Gasteiger partial charge in [0.25, 0.3) is 0 Å². The van der Waals surface area contributed by atoms with Crippen LogP contribution in [0.15, 0.2) is 33.9 Å². The molecule has 0 unspecified atom stereocenters. The Morgan fingerprint density at radius 3 is 2.88 bits per heavy atom. The van der Waals surface area contributed by atoms with Crippen LogP contribution in [0, 0.1) is 0 Å². The highest BCUT2D eigenvalue weighted by Crippen LogP contribution is 2.34. The monoisotopic (exact) mass is 436 g/mol. The van der Waals surface area contributed by atoms with Gasteiger partial charge in [-0.1, -0.05) is 17.7 Å². The summed E-state index contributed by atoms with van der Waals surface area (Å²) < 4.78 is 40.3. The number of halogens is 5. The molecular formula is C16H17BrClF3N4. The maximum absolute atomic E-state index is 13.1.